The zero-order valence-electron chi connectivity index (χ0n) is 8.43. The molecule has 0 saturated carbocycles. The van der Waals surface area contributed by atoms with Gasteiger partial charge in [-0.3, -0.25) is 4.79 Å². The highest BCUT2D eigenvalue weighted by molar-refractivity contribution is 5.94. The van der Waals surface area contributed by atoms with Crippen LogP contribution in [0.5, 0.6) is 0 Å². The Balaban J connectivity index is 2.33. The third-order valence-electron chi connectivity index (χ3n) is 2.57. The molecule has 1 aromatic carbocycles. The number of carboxylic acid groups (broad SMARTS) is 1. The number of rotatable bonds is 2. The lowest BCUT2D eigenvalue weighted by Gasteiger charge is -2.18. The molecule has 0 saturated heterocycles. The molecular weight excluding hydrogens is 210 g/mol. The van der Waals surface area contributed by atoms with E-state index in [-0.39, 0.29) is 5.91 Å². The quantitative estimate of drug-likeness (QED) is 0.685. The minimum atomic E-state index is -1.51. The molecule has 1 atom stereocenters. The minimum absolute atomic E-state index is 0.0426. The summed E-state index contributed by atoms with van der Waals surface area (Å²) >= 11 is 0. The number of carbonyl (C=O) groups excluding carboxylic acids is 1. The van der Waals surface area contributed by atoms with Gasteiger partial charge in [-0.1, -0.05) is 12.1 Å². The highest BCUT2D eigenvalue weighted by Gasteiger charge is 2.20. The Morgan fingerprint density at radius 3 is 2.81 bits per heavy atom. The smallest absolute Gasteiger partial charge is 0.337 e. The number of carbonyl (C=O) groups is 2. The van der Waals surface area contributed by atoms with Gasteiger partial charge in [0.15, 0.2) is 6.10 Å². The maximum absolute atomic E-state index is 11.1. The van der Waals surface area contributed by atoms with Crippen molar-refractivity contribution in [3.63, 3.8) is 0 Å². The summed E-state index contributed by atoms with van der Waals surface area (Å²) in [4.78, 5) is 21.7. The van der Waals surface area contributed by atoms with Crippen LogP contribution in [0.4, 0.5) is 5.69 Å². The van der Waals surface area contributed by atoms with Gasteiger partial charge in [0.25, 0.3) is 0 Å². The monoisotopic (exact) mass is 221 g/mol. The molecule has 3 N–H and O–H groups in total. The van der Waals surface area contributed by atoms with Crippen molar-refractivity contribution in [1.29, 1.82) is 0 Å². The molecule has 1 aromatic rings. The molecule has 5 heteroatoms. The van der Waals surface area contributed by atoms with Gasteiger partial charge in [0, 0.05) is 12.1 Å². The van der Waals surface area contributed by atoms with Crippen molar-refractivity contribution in [3.8, 4) is 0 Å². The van der Waals surface area contributed by atoms with Crippen LogP contribution in [0.3, 0.4) is 0 Å². The lowest BCUT2D eigenvalue weighted by atomic mass is 9.98. The molecule has 0 bridgehead atoms. The molecule has 0 spiro atoms. The van der Waals surface area contributed by atoms with Crippen LogP contribution in [0.1, 0.15) is 23.7 Å². The topological polar surface area (TPSA) is 86.6 Å². The summed E-state index contributed by atoms with van der Waals surface area (Å²) in [5, 5.41) is 20.7. The predicted molar refractivity (Wildman–Crippen MR) is 56.0 cm³/mol. The Kier molecular flexibility index (Phi) is 2.62. The molecule has 5 nitrogen and oxygen atoms in total. The van der Waals surface area contributed by atoms with Crippen molar-refractivity contribution >= 4 is 17.6 Å². The van der Waals surface area contributed by atoms with Gasteiger partial charge >= 0.3 is 5.97 Å². The number of nitrogens with one attached hydrogen (secondary N) is 1. The number of fused-ring (bicyclic) bond motifs is 1. The molecule has 1 heterocycles. The number of hydrogen-bond donors (Lipinski definition) is 3. The number of aliphatic hydroxyl groups is 1. The molecule has 1 aliphatic rings. The summed E-state index contributed by atoms with van der Waals surface area (Å²) in [7, 11) is 0. The number of benzene rings is 1. The summed E-state index contributed by atoms with van der Waals surface area (Å²) in [5.74, 6) is -1.32. The molecule has 1 unspecified atom stereocenters. The zero-order valence-corrected chi connectivity index (χ0v) is 8.43. The van der Waals surface area contributed by atoms with Crippen LogP contribution in [0, 0.1) is 0 Å². The highest BCUT2D eigenvalue weighted by Crippen LogP contribution is 2.26. The summed E-state index contributed by atoms with van der Waals surface area (Å²) < 4.78 is 0. The van der Waals surface area contributed by atoms with E-state index in [1.807, 2.05) is 0 Å². The summed E-state index contributed by atoms with van der Waals surface area (Å²) in [6.07, 6.45) is -0.552. The van der Waals surface area contributed by atoms with Crippen molar-refractivity contribution in [1.82, 2.24) is 0 Å². The standard InChI is InChI=1S/C11H11NO4/c13-9-4-2-6-5-7(10(14)11(15)16)1-3-8(6)12-9/h1,3,5,10,14H,2,4H2,(H,12,13)(H,15,16). The van der Waals surface area contributed by atoms with Crippen molar-refractivity contribution in [2.75, 3.05) is 5.32 Å². The first-order valence-electron chi connectivity index (χ1n) is 4.91. The third-order valence-corrected chi connectivity index (χ3v) is 2.57. The fourth-order valence-corrected chi connectivity index (χ4v) is 1.72. The number of aliphatic carboxylic acids is 1. The van der Waals surface area contributed by atoms with Crippen LogP contribution in [0.2, 0.25) is 0 Å². The molecule has 84 valence electrons. The van der Waals surface area contributed by atoms with Crippen LogP contribution in [-0.4, -0.2) is 22.1 Å². The van der Waals surface area contributed by atoms with E-state index in [0.717, 1.165) is 5.56 Å². The van der Waals surface area contributed by atoms with Gasteiger partial charge in [-0.15, -0.1) is 0 Å². The molecule has 0 radical (unpaired) electrons. The number of anilines is 1. The van der Waals surface area contributed by atoms with Crippen molar-refractivity contribution in [2.24, 2.45) is 0 Å². The van der Waals surface area contributed by atoms with E-state index in [0.29, 0.717) is 24.1 Å². The fraction of sp³-hybridized carbons (Fsp3) is 0.273. The zero-order chi connectivity index (χ0) is 11.7. The van der Waals surface area contributed by atoms with E-state index in [4.69, 9.17) is 5.11 Å². The Labute approximate surface area is 91.7 Å². The van der Waals surface area contributed by atoms with E-state index in [9.17, 15) is 14.7 Å². The van der Waals surface area contributed by atoms with Gasteiger partial charge in [-0.25, -0.2) is 4.79 Å². The van der Waals surface area contributed by atoms with E-state index in [2.05, 4.69) is 5.32 Å². The largest absolute Gasteiger partial charge is 0.479 e. The fourth-order valence-electron chi connectivity index (χ4n) is 1.72. The third kappa shape index (κ3) is 1.90. The van der Waals surface area contributed by atoms with Gasteiger partial charge < -0.3 is 15.5 Å². The van der Waals surface area contributed by atoms with Crippen LogP contribution in [-0.2, 0) is 16.0 Å². The predicted octanol–water partition coefficient (Wildman–Crippen LogP) is 0.689. The minimum Gasteiger partial charge on any atom is -0.479 e. The van der Waals surface area contributed by atoms with Crippen molar-refractivity contribution in [2.45, 2.75) is 18.9 Å². The van der Waals surface area contributed by atoms with Gasteiger partial charge in [0.1, 0.15) is 0 Å². The molecule has 1 aliphatic heterocycles. The Morgan fingerprint density at radius 2 is 2.12 bits per heavy atom. The maximum Gasteiger partial charge on any atom is 0.337 e. The van der Waals surface area contributed by atoms with Crippen molar-refractivity contribution in [3.05, 3.63) is 29.3 Å². The summed E-state index contributed by atoms with van der Waals surface area (Å²) in [6, 6.07) is 4.74. The Bertz CT molecular complexity index is 455. The normalized spacial score (nSPS) is 16.2. The van der Waals surface area contributed by atoms with Gasteiger partial charge in [0.05, 0.1) is 0 Å². The number of amides is 1. The molecular formula is C11H11NO4. The van der Waals surface area contributed by atoms with Crippen LogP contribution < -0.4 is 5.32 Å². The van der Waals surface area contributed by atoms with E-state index in [1.165, 1.54) is 6.07 Å². The van der Waals surface area contributed by atoms with E-state index in [1.54, 1.807) is 12.1 Å². The van der Waals surface area contributed by atoms with E-state index >= 15 is 0 Å². The molecule has 16 heavy (non-hydrogen) atoms. The second-order valence-electron chi connectivity index (χ2n) is 3.71. The van der Waals surface area contributed by atoms with Crippen LogP contribution in [0.15, 0.2) is 18.2 Å². The number of hydrogen-bond acceptors (Lipinski definition) is 3. The highest BCUT2D eigenvalue weighted by atomic mass is 16.4. The number of aryl methyl sites for hydroxylation is 1. The maximum atomic E-state index is 11.1. The summed E-state index contributed by atoms with van der Waals surface area (Å²) in [5.41, 5.74) is 1.89. The molecule has 0 fully saturated rings. The molecule has 1 amide bonds. The van der Waals surface area contributed by atoms with E-state index < -0.39 is 12.1 Å². The molecule has 0 aliphatic carbocycles. The molecule has 2 rings (SSSR count). The Hall–Kier alpha value is -1.88. The number of carboxylic acids is 1. The Morgan fingerprint density at radius 1 is 1.38 bits per heavy atom. The SMILES string of the molecule is O=C1CCc2cc(C(O)C(=O)O)ccc2N1. The average molecular weight is 221 g/mol. The first-order valence-corrected chi connectivity index (χ1v) is 4.91. The lowest BCUT2D eigenvalue weighted by molar-refractivity contribution is -0.147. The van der Waals surface area contributed by atoms with Gasteiger partial charge in [0.2, 0.25) is 5.91 Å². The van der Waals surface area contributed by atoms with Gasteiger partial charge in [-0.05, 0) is 23.6 Å². The van der Waals surface area contributed by atoms with Crippen LogP contribution in [0.25, 0.3) is 0 Å². The first kappa shape index (κ1) is 10.6. The lowest BCUT2D eigenvalue weighted by Crippen LogP contribution is -2.19. The summed E-state index contributed by atoms with van der Waals surface area (Å²) in [6.45, 7) is 0. The second kappa shape index (κ2) is 3.94. The first-order chi connectivity index (χ1) is 7.58. The van der Waals surface area contributed by atoms with Crippen LogP contribution >= 0.6 is 0 Å². The molecule has 0 aromatic heterocycles. The second-order valence-corrected chi connectivity index (χ2v) is 3.71. The average Bonchev–Trinajstić information content (AvgIpc) is 2.27. The van der Waals surface area contributed by atoms with Crippen molar-refractivity contribution < 1.29 is 19.8 Å². The number of aliphatic hydroxyl groups excluding tert-OH is 1. The van der Waals surface area contributed by atoms with Gasteiger partial charge in [-0.2, -0.15) is 0 Å².